The van der Waals surface area contributed by atoms with Crippen molar-refractivity contribution in [2.24, 2.45) is 0 Å². The van der Waals surface area contributed by atoms with E-state index in [9.17, 15) is 4.79 Å². The molecule has 13 heavy (non-hydrogen) atoms. The van der Waals surface area contributed by atoms with Crippen LogP contribution in [0.3, 0.4) is 0 Å². The first-order chi connectivity index (χ1) is 6.11. The van der Waals surface area contributed by atoms with Crippen LogP contribution >= 0.6 is 0 Å². The van der Waals surface area contributed by atoms with E-state index >= 15 is 0 Å². The standard InChI is InChI=1S/C10H19NO2/c1-5-7-11(4)8-9(3)10(12)13-6-2/h8H,5-7H2,1-4H3. The molecule has 3 nitrogen and oxygen atoms in total. The average Bonchev–Trinajstić information content (AvgIpc) is 2.05. The second kappa shape index (κ2) is 6.52. The van der Waals surface area contributed by atoms with E-state index in [1.807, 2.05) is 18.1 Å². The van der Waals surface area contributed by atoms with Crippen LogP contribution in [0.2, 0.25) is 0 Å². The lowest BCUT2D eigenvalue weighted by atomic mass is 10.3. The minimum Gasteiger partial charge on any atom is -0.463 e. The summed E-state index contributed by atoms with van der Waals surface area (Å²) in [6.45, 7) is 7.06. The molecular weight excluding hydrogens is 166 g/mol. The number of hydrogen-bond acceptors (Lipinski definition) is 3. The minimum absolute atomic E-state index is 0.231. The van der Waals surface area contributed by atoms with Crippen molar-refractivity contribution in [1.29, 1.82) is 0 Å². The Morgan fingerprint density at radius 2 is 2.08 bits per heavy atom. The third kappa shape index (κ3) is 5.28. The maximum absolute atomic E-state index is 11.2. The molecule has 0 spiro atoms. The first kappa shape index (κ1) is 12.0. The zero-order valence-electron chi connectivity index (χ0n) is 8.96. The van der Waals surface area contributed by atoms with Gasteiger partial charge in [0.2, 0.25) is 0 Å². The molecule has 3 heteroatoms. The average molecular weight is 185 g/mol. The van der Waals surface area contributed by atoms with Crippen LogP contribution in [0, 0.1) is 0 Å². The normalized spacial score (nSPS) is 11.2. The highest BCUT2D eigenvalue weighted by atomic mass is 16.5. The Kier molecular flexibility index (Phi) is 6.02. The SMILES string of the molecule is CCCN(C)C=C(C)C(=O)OCC. The highest BCUT2D eigenvalue weighted by Gasteiger charge is 2.04. The lowest BCUT2D eigenvalue weighted by molar-refractivity contribution is -0.138. The molecule has 0 saturated heterocycles. The number of rotatable bonds is 5. The van der Waals surface area contributed by atoms with E-state index in [1.54, 1.807) is 13.8 Å². The zero-order chi connectivity index (χ0) is 10.3. The van der Waals surface area contributed by atoms with Gasteiger partial charge in [-0.1, -0.05) is 6.92 Å². The molecule has 0 unspecified atom stereocenters. The predicted molar refractivity (Wildman–Crippen MR) is 53.3 cm³/mol. The quantitative estimate of drug-likeness (QED) is 0.483. The summed E-state index contributed by atoms with van der Waals surface area (Å²) in [5.74, 6) is -0.231. The summed E-state index contributed by atoms with van der Waals surface area (Å²) in [5.41, 5.74) is 0.651. The number of esters is 1. The van der Waals surface area contributed by atoms with Crippen molar-refractivity contribution in [1.82, 2.24) is 4.90 Å². The van der Waals surface area contributed by atoms with Gasteiger partial charge in [0, 0.05) is 25.4 Å². The molecule has 0 aromatic rings. The van der Waals surface area contributed by atoms with Crippen molar-refractivity contribution in [2.45, 2.75) is 27.2 Å². The molecule has 0 rings (SSSR count). The van der Waals surface area contributed by atoms with Gasteiger partial charge >= 0.3 is 5.97 Å². The molecule has 0 aliphatic rings. The van der Waals surface area contributed by atoms with E-state index in [4.69, 9.17) is 4.74 Å². The summed E-state index contributed by atoms with van der Waals surface area (Å²) in [6.07, 6.45) is 2.89. The topological polar surface area (TPSA) is 29.5 Å². The number of carbonyl (C=O) groups is 1. The first-order valence-electron chi connectivity index (χ1n) is 4.67. The second-order valence-corrected chi connectivity index (χ2v) is 3.01. The number of carbonyl (C=O) groups excluding carboxylic acids is 1. The molecule has 0 atom stereocenters. The molecule has 0 aromatic carbocycles. The predicted octanol–water partition coefficient (Wildman–Crippen LogP) is 1.80. The van der Waals surface area contributed by atoms with E-state index in [2.05, 4.69) is 6.92 Å². The van der Waals surface area contributed by atoms with Gasteiger partial charge in [0.1, 0.15) is 0 Å². The molecule has 0 aromatic heterocycles. The Hall–Kier alpha value is -0.990. The maximum atomic E-state index is 11.2. The third-order valence-electron chi connectivity index (χ3n) is 1.59. The number of ether oxygens (including phenoxy) is 1. The minimum atomic E-state index is -0.231. The summed E-state index contributed by atoms with van der Waals surface area (Å²) in [7, 11) is 1.95. The van der Waals surface area contributed by atoms with E-state index in [0.717, 1.165) is 13.0 Å². The summed E-state index contributed by atoms with van der Waals surface area (Å²) in [5, 5.41) is 0. The van der Waals surface area contributed by atoms with Gasteiger partial charge in [0.05, 0.1) is 6.61 Å². The highest BCUT2D eigenvalue weighted by Crippen LogP contribution is 1.99. The zero-order valence-corrected chi connectivity index (χ0v) is 8.96. The molecule has 0 amide bonds. The lowest BCUT2D eigenvalue weighted by Gasteiger charge is -2.13. The van der Waals surface area contributed by atoms with Crippen LogP contribution in [0.1, 0.15) is 27.2 Å². The fourth-order valence-corrected chi connectivity index (χ4v) is 1.05. The third-order valence-corrected chi connectivity index (χ3v) is 1.59. The number of hydrogen-bond donors (Lipinski definition) is 0. The highest BCUT2D eigenvalue weighted by molar-refractivity contribution is 5.87. The van der Waals surface area contributed by atoms with Crippen LogP contribution in [-0.4, -0.2) is 31.1 Å². The van der Waals surface area contributed by atoms with E-state index in [0.29, 0.717) is 12.2 Å². The van der Waals surface area contributed by atoms with E-state index in [1.165, 1.54) is 0 Å². The molecule has 0 bridgehead atoms. The summed E-state index contributed by atoms with van der Waals surface area (Å²) < 4.78 is 4.85. The number of nitrogens with zero attached hydrogens (tertiary/aromatic N) is 1. The van der Waals surface area contributed by atoms with Gasteiger partial charge in [-0.15, -0.1) is 0 Å². The molecule has 0 heterocycles. The Bertz CT molecular complexity index is 187. The molecule has 0 saturated carbocycles. The van der Waals surface area contributed by atoms with Crippen molar-refractivity contribution >= 4 is 5.97 Å². The van der Waals surface area contributed by atoms with Crippen molar-refractivity contribution in [3.63, 3.8) is 0 Å². The van der Waals surface area contributed by atoms with E-state index in [-0.39, 0.29) is 5.97 Å². The van der Waals surface area contributed by atoms with Crippen molar-refractivity contribution < 1.29 is 9.53 Å². The molecule has 0 aliphatic heterocycles. The second-order valence-electron chi connectivity index (χ2n) is 3.01. The van der Waals surface area contributed by atoms with Gasteiger partial charge in [0.15, 0.2) is 0 Å². The Labute approximate surface area is 80.4 Å². The van der Waals surface area contributed by atoms with Crippen LogP contribution in [0.15, 0.2) is 11.8 Å². The van der Waals surface area contributed by atoms with Crippen molar-refractivity contribution in [3.05, 3.63) is 11.8 Å². The molecule has 0 fully saturated rings. The smallest absolute Gasteiger partial charge is 0.335 e. The van der Waals surface area contributed by atoms with Gasteiger partial charge in [0.25, 0.3) is 0 Å². The Morgan fingerprint density at radius 3 is 2.54 bits per heavy atom. The van der Waals surface area contributed by atoms with Gasteiger partial charge < -0.3 is 9.64 Å². The van der Waals surface area contributed by atoms with Crippen LogP contribution in [0.4, 0.5) is 0 Å². The Morgan fingerprint density at radius 1 is 1.46 bits per heavy atom. The summed E-state index contributed by atoms with van der Waals surface area (Å²) in [6, 6.07) is 0. The fraction of sp³-hybridized carbons (Fsp3) is 0.700. The summed E-state index contributed by atoms with van der Waals surface area (Å²) >= 11 is 0. The maximum Gasteiger partial charge on any atom is 0.335 e. The van der Waals surface area contributed by atoms with Crippen LogP contribution in [-0.2, 0) is 9.53 Å². The molecular formula is C10H19NO2. The van der Waals surface area contributed by atoms with Crippen LogP contribution < -0.4 is 0 Å². The van der Waals surface area contributed by atoms with Crippen LogP contribution in [0.25, 0.3) is 0 Å². The van der Waals surface area contributed by atoms with Gasteiger partial charge in [-0.3, -0.25) is 0 Å². The van der Waals surface area contributed by atoms with Gasteiger partial charge in [-0.05, 0) is 20.3 Å². The fourth-order valence-electron chi connectivity index (χ4n) is 1.05. The largest absolute Gasteiger partial charge is 0.463 e. The lowest BCUT2D eigenvalue weighted by Crippen LogP contribution is -2.15. The summed E-state index contributed by atoms with van der Waals surface area (Å²) in [4.78, 5) is 13.2. The Balaban J connectivity index is 4.06. The van der Waals surface area contributed by atoms with Gasteiger partial charge in [-0.25, -0.2) is 4.79 Å². The molecule has 0 N–H and O–H groups in total. The molecule has 0 aliphatic carbocycles. The van der Waals surface area contributed by atoms with Crippen molar-refractivity contribution in [3.8, 4) is 0 Å². The monoisotopic (exact) mass is 185 g/mol. The van der Waals surface area contributed by atoms with Gasteiger partial charge in [-0.2, -0.15) is 0 Å². The van der Waals surface area contributed by atoms with Crippen molar-refractivity contribution in [2.75, 3.05) is 20.2 Å². The first-order valence-corrected chi connectivity index (χ1v) is 4.67. The molecule has 76 valence electrons. The molecule has 0 radical (unpaired) electrons. The van der Waals surface area contributed by atoms with Crippen LogP contribution in [0.5, 0.6) is 0 Å². The van der Waals surface area contributed by atoms with E-state index < -0.39 is 0 Å².